The summed E-state index contributed by atoms with van der Waals surface area (Å²) in [6, 6.07) is 0. The van der Waals surface area contributed by atoms with Crippen molar-refractivity contribution in [2.45, 2.75) is 25.9 Å². The van der Waals surface area contributed by atoms with Gasteiger partial charge in [-0.1, -0.05) is 11.6 Å². The van der Waals surface area contributed by atoms with Crippen molar-refractivity contribution in [3.8, 4) is 0 Å². The molecule has 1 heterocycles. The second-order valence-electron chi connectivity index (χ2n) is 4.07. The van der Waals surface area contributed by atoms with E-state index in [0.29, 0.717) is 0 Å². The van der Waals surface area contributed by atoms with E-state index in [2.05, 4.69) is 0 Å². The number of allylic oxidation sites excluding steroid dienone is 1. The Labute approximate surface area is 92.9 Å². The fraction of sp³-hybridized carbons (Fsp3) is 0.333. The fourth-order valence-electron chi connectivity index (χ4n) is 1.74. The van der Waals surface area contributed by atoms with E-state index in [0.717, 1.165) is 11.1 Å². The smallest absolute Gasteiger partial charge is 0.315 e. The number of Topliss-reactive ketones (excluding diaryl/α,β-unsaturated/α-hetero) is 1. The van der Waals surface area contributed by atoms with Gasteiger partial charge in [-0.3, -0.25) is 9.59 Å². The maximum absolute atomic E-state index is 11.3. The summed E-state index contributed by atoms with van der Waals surface area (Å²) in [5.74, 6) is -0.503. The molecule has 0 saturated heterocycles. The minimum Gasteiger partial charge on any atom is -0.426 e. The molecule has 0 amide bonds. The largest absolute Gasteiger partial charge is 0.426 e. The summed E-state index contributed by atoms with van der Waals surface area (Å²) >= 11 is 0. The van der Waals surface area contributed by atoms with E-state index in [-0.39, 0.29) is 18.1 Å². The number of rotatable bonds is 1. The van der Waals surface area contributed by atoms with Crippen molar-refractivity contribution in [1.29, 1.82) is 0 Å². The standard InChI is InChI=1S/C12H12O4/c1-7-5-11(14)16-10-6-12(15,8(2)13)4-3-9(7)10/h3-4,6,15H,5H2,1-2H3. The molecule has 0 aromatic rings. The molecule has 0 saturated carbocycles. The highest BCUT2D eigenvalue weighted by Crippen LogP contribution is 2.32. The van der Waals surface area contributed by atoms with Crippen LogP contribution in [0.1, 0.15) is 20.3 Å². The number of aliphatic hydroxyl groups is 1. The van der Waals surface area contributed by atoms with Gasteiger partial charge < -0.3 is 9.84 Å². The molecule has 4 heteroatoms. The number of ether oxygens (including phenoxy) is 1. The van der Waals surface area contributed by atoms with Crippen molar-refractivity contribution in [3.05, 3.63) is 35.1 Å². The second kappa shape index (κ2) is 3.42. The van der Waals surface area contributed by atoms with Crippen molar-refractivity contribution in [1.82, 2.24) is 0 Å². The van der Waals surface area contributed by atoms with E-state index in [1.165, 1.54) is 19.1 Å². The molecule has 0 fully saturated rings. The first-order chi connectivity index (χ1) is 7.42. The number of fused-ring (bicyclic) bond motifs is 1. The lowest BCUT2D eigenvalue weighted by Crippen LogP contribution is -2.35. The van der Waals surface area contributed by atoms with Gasteiger partial charge in [0.2, 0.25) is 0 Å². The molecule has 16 heavy (non-hydrogen) atoms. The molecule has 0 aromatic heterocycles. The lowest BCUT2D eigenvalue weighted by atomic mass is 9.88. The Bertz CT molecular complexity index is 467. The first-order valence-corrected chi connectivity index (χ1v) is 4.99. The van der Waals surface area contributed by atoms with Crippen LogP contribution in [0.5, 0.6) is 0 Å². The van der Waals surface area contributed by atoms with Crippen molar-refractivity contribution < 1.29 is 19.4 Å². The van der Waals surface area contributed by atoms with Gasteiger partial charge in [0.05, 0.1) is 6.42 Å². The maximum atomic E-state index is 11.3. The molecule has 1 aliphatic carbocycles. The highest BCUT2D eigenvalue weighted by Gasteiger charge is 2.34. The normalized spacial score (nSPS) is 28.4. The lowest BCUT2D eigenvalue weighted by molar-refractivity contribution is -0.139. The van der Waals surface area contributed by atoms with Crippen LogP contribution in [0.25, 0.3) is 0 Å². The molecule has 0 spiro atoms. The van der Waals surface area contributed by atoms with E-state index in [9.17, 15) is 14.7 Å². The molecule has 2 aliphatic rings. The van der Waals surface area contributed by atoms with Crippen molar-refractivity contribution >= 4 is 11.8 Å². The predicted molar refractivity (Wildman–Crippen MR) is 56.3 cm³/mol. The van der Waals surface area contributed by atoms with Gasteiger partial charge in [-0.2, -0.15) is 0 Å². The van der Waals surface area contributed by atoms with Gasteiger partial charge in [0.25, 0.3) is 0 Å². The quantitative estimate of drug-likeness (QED) is 0.670. The zero-order valence-corrected chi connectivity index (χ0v) is 9.11. The molecular weight excluding hydrogens is 208 g/mol. The average molecular weight is 220 g/mol. The number of carbonyl (C=O) groups excluding carboxylic acids is 2. The summed E-state index contributed by atoms with van der Waals surface area (Å²) in [4.78, 5) is 22.5. The molecule has 84 valence electrons. The zero-order valence-electron chi connectivity index (χ0n) is 9.11. The molecule has 1 atom stereocenters. The zero-order chi connectivity index (χ0) is 11.9. The van der Waals surface area contributed by atoms with Crippen LogP contribution in [0, 0.1) is 0 Å². The molecule has 0 bridgehead atoms. The summed E-state index contributed by atoms with van der Waals surface area (Å²) in [5, 5.41) is 9.93. The third-order valence-electron chi connectivity index (χ3n) is 2.78. The topological polar surface area (TPSA) is 63.6 Å². The SMILES string of the molecule is CC(=O)C1(O)C=CC2=C(C)CC(=O)OC2=C1. The molecule has 1 N–H and O–H groups in total. The summed E-state index contributed by atoms with van der Waals surface area (Å²) in [6.07, 6.45) is 4.57. The number of esters is 1. The Morgan fingerprint density at radius 2 is 2.25 bits per heavy atom. The molecular formula is C12H12O4. The van der Waals surface area contributed by atoms with Gasteiger partial charge in [-0.25, -0.2) is 0 Å². The van der Waals surface area contributed by atoms with Gasteiger partial charge >= 0.3 is 5.97 Å². The molecule has 2 rings (SSSR count). The number of hydrogen-bond donors (Lipinski definition) is 1. The van der Waals surface area contributed by atoms with Crippen LogP contribution in [-0.4, -0.2) is 22.5 Å². The van der Waals surface area contributed by atoms with Crippen LogP contribution < -0.4 is 0 Å². The Hall–Kier alpha value is -1.68. The maximum Gasteiger partial charge on any atom is 0.315 e. The monoisotopic (exact) mass is 220 g/mol. The van der Waals surface area contributed by atoms with Crippen LogP contribution >= 0.6 is 0 Å². The van der Waals surface area contributed by atoms with Gasteiger partial charge in [0.15, 0.2) is 11.4 Å². The Morgan fingerprint density at radius 1 is 1.56 bits per heavy atom. The van der Waals surface area contributed by atoms with Crippen LogP contribution in [0.4, 0.5) is 0 Å². The highest BCUT2D eigenvalue weighted by molar-refractivity contribution is 5.91. The summed E-state index contributed by atoms with van der Waals surface area (Å²) in [6.45, 7) is 3.11. The van der Waals surface area contributed by atoms with Crippen molar-refractivity contribution in [2.24, 2.45) is 0 Å². The lowest BCUT2D eigenvalue weighted by Gasteiger charge is -2.27. The van der Waals surface area contributed by atoms with E-state index in [4.69, 9.17) is 4.74 Å². The van der Waals surface area contributed by atoms with Crippen LogP contribution in [0.3, 0.4) is 0 Å². The number of ketones is 1. The summed E-state index contributed by atoms with van der Waals surface area (Å²) in [7, 11) is 0. The number of carbonyl (C=O) groups is 2. The highest BCUT2D eigenvalue weighted by atomic mass is 16.5. The molecule has 1 aliphatic heterocycles. The van der Waals surface area contributed by atoms with Crippen molar-refractivity contribution in [3.63, 3.8) is 0 Å². The third-order valence-corrected chi connectivity index (χ3v) is 2.78. The Kier molecular flexibility index (Phi) is 2.31. The first kappa shape index (κ1) is 10.8. The fourth-order valence-corrected chi connectivity index (χ4v) is 1.74. The number of hydrogen-bond acceptors (Lipinski definition) is 4. The summed E-state index contributed by atoms with van der Waals surface area (Å²) in [5.41, 5.74) is -0.00798. The minimum atomic E-state index is -1.66. The Morgan fingerprint density at radius 3 is 2.88 bits per heavy atom. The molecule has 0 aromatic carbocycles. The second-order valence-corrected chi connectivity index (χ2v) is 4.07. The average Bonchev–Trinajstić information content (AvgIpc) is 2.16. The van der Waals surface area contributed by atoms with Crippen molar-refractivity contribution in [2.75, 3.05) is 0 Å². The van der Waals surface area contributed by atoms with Crippen LogP contribution in [-0.2, 0) is 14.3 Å². The van der Waals surface area contributed by atoms with Gasteiger partial charge in [-0.05, 0) is 19.9 Å². The summed E-state index contributed by atoms with van der Waals surface area (Å²) < 4.78 is 5.01. The van der Waals surface area contributed by atoms with Gasteiger partial charge in [0, 0.05) is 11.6 Å². The molecule has 1 unspecified atom stereocenters. The van der Waals surface area contributed by atoms with Crippen LogP contribution in [0.15, 0.2) is 35.1 Å². The van der Waals surface area contributed by atoms with E-state index < -0.39 is 11.4 Å². The molecule has 0 radical (unpaired) electrons. The van der Waals surface area contributed by atoms with Gasteiger partial charge in [0.1, 0.15) is 5.76 Å². The van der Waals surface area contributed by atoms with E-state index >= 15 is 0 Å². The van der Waals surface area contributed by atoms with E-state index in [1.54, 1.807) is 6.08 Å². The first-order valence-electron chi connectivity index (χ1n) is 4.99. The predicted octanol–water partition coefficient (Wildman–Crippen LogP) is 1.02. The third kappa shape index (κ3) is 1.61. The van der Waals surface area contributed by atoms with Gasteiger partial charge in [-0.15, -0.1) is 0 Å². The van der Waals surface area contributed by atoms with E-state index in [1.807, 2.05) is 6.92 Å². The molecule has 4 nitrogen and oxygen atoms in total. The van der Waals surface area contributed by atoms with Crippen LogP contribution in [0.2, 0.25) is 0 Å². The Balaban J connectivity index is 2.49. The minimum absolute atomic E-state index is 0.246.